The van der Waals surface area contributed by atoms with Crippen molar-refractivity contribution in [1.82, 2.24) is 24.5 Å². The second-order valence-electron chi connectivity index (χ2n) is 4.62. The SMILES string of the molecule is CCCN(CC)CCNc1cc(C)nc2ncnn12. The first-order valence-electron chi connectivity index (χ1n) is 6.88. The quantitative estimate of drug-likeness (QED) is 0.821. The Bertz CT molecular complexity index is 521. The van der Waals surface area contributed by atoms with Crippen LogP contribution in [0, 0.1) is 6.92 Å². The van der Waals surface area contributed by atoms with E-state index in [1.54, 1.807) is 4.52 Å². The predicted octanol–water partition coefficient (Wildman–Crippen LogP) is 1.58. The van der Waals surface area contributed by atoms with Gasteiger partial charge in [-0.15, -0.1) is 0 Å². The van der Waals surface area contributed by atoms with Crippen molar-refractivity contribution in [2.24, 2.45) is 0 Å². The van der Waals surface area contributed by atoms with Crippen LogP contribution in [0.5, 0.6) is 0 Å². The van der Waals surface area contributed by atoms with E-state index in [0.717, 1.165) is 37.7 Å². The van der Waals surface area contributed by atoms with E-state index >= 15 is 0 Å². The molecule has 0 aliphatic carbocycles. The number of fused-ring (bicyclic) bond motifs is 1. The van der Waals surface area contributed by atoms with Crippen LogP contribution in [0.1, 0.15) is 26.0 Å². The summed E-state index contributed by atoms with van der Waals surface area (Å²) in [5, 5.41) is 7.60. The highest BCUT2D eigenvalue weighted by molar-refractivity contribution is 5.44. The zero-order valence-corrected chi connectivity index (χ0v) is 11.9. The molecular formula is C13H22N6. The number of rotatable bonds is 7. The average molecular weight is 262 g/mol. The molecule has 6 heteroatoms. The molecule has 0 spiro atoms. The third-order valence-electron chi connectivity index (χ3n) is 3.10. The highest BCUT2D eigenvalue weighted by atomic mass is 15.4. The molecule has 0 saturated heterocycles. The van der Waals surface area contributed by atoms with E-state index in [0.29, 0.717) is 5.78 Å². The summed E-state index contributed by atoms with van der Waals surface area (Å²) < 4.78 is 1.74. The van der Waals surface area contributed by atoms with Crippen molar-refractivity contribution >= 4 is 11.6 Å². The molecule has 0 amide bonds. The summed E-state index contributed by atoms with van der Waals surface area (Å²) in [5.41, 5.74) is 0.948. The van der Waals surface area contributed by atoms with Crippen LogP contribution in [0.2, 0.25) is 0 Å². The monoisotopic (exact) mass is 262 g/mol. The molecule has 2 aromatic rings. The van der Waals surface area contributed by atoms with Gasteiger partial charge < -0.3 is 10.2 Å². The summed E-state index contributed by atoms with van der Waals surface area (Å²) in [6, 6.07) is 2.00. The lowest BCUT2D eigenvalue weighted by Gasteiger charge is -2.20. The van der Waals surface area contributed by atoms with Crippen LogP contribution in [0.25, 0.3) is 5.78 Å². The Labute approximate surface area is 113 Å². The molecule has 1 N–H and O–H groups in total. The van der Waals surface area contributed by atoms with Gasteiger partial charge in [0.05, 0.1) is 0 Å². The topological polar surface area (TPSA) is 58.3 Å². The van der Waals surface area contributed by atoms with E-state index in [1.807, 2.05) is 13.0 Å². The fourth-order valence-electron chi connectivity index (χ4n) is 2.14. The Morgan fingerprint density at radius 2 is 2.16 bits per heavy atom. The number of hydrogen-bond acceptors (Lipinski definition) is 5. The van der Waals surface area contributed by atoms with Crippen molar-refractivity contribution in [3.63, 3.8) is 0 Å². The van der Waals surface area contributed by atoms with Crippen LogP contribution in [0.15, 0.2) is 12.4 Å². The normalized spacial score (nSPS) is 11.4. The van der Waals surface area contributed by atoms with Gasteiger partial charge in [0.25, 0.3) is 5.78 Å². The van der Waals surface area contributed by atoms with Gasteiger partial charge in [0.1, 0.15) is 12.1 Å². The molecule has 0 unspecified atom stereocenters. The number of aryl methyl sites for hydroxylation is 1. The van der Waals surface area contributed by atoms with Crippen LogP contribution in [0.4, 0.5) is 5.82 Å². The van der Waals surface area contributed by atoms with E-state index in [1.165, 1.54) is 12.7 Å². The Balaban J connectivity index is 1.99. The average Bonchev–Trinajstić information content (AvgIpc) is 2.85. The van der Waals surface area contributed by atoms with E-state index in [2.05, 4.69) is 39.1 Å². The molecule has 0 radical (unpaired) electrons. The maximum Gasteiger partial charge on any atom is 0.254 e. The van der Waals surface area contributed by atoms with Gasteiger partial charge in [0.15, 0.2) is 0 Å². The minimum absolute atomic E-state index is 0.642. The molecule has 0 fully saturated rings. The summed E-state index contributed by atoms with van der Waals surface area (Å²) in [5.74, 6) is 1.59. The lowest BCUT2D eigenvalue weighted by atomic mass is 10.4. The molecule has 19 heavy (non-hydrogen) atoms. The van der Waals surface area contributed by atoms with Gasteiger partial charge in [-0.25, -0.2) is 4.98 Å². The van der Waals surface area contributed by atoms with Crippen LogP contribution in [-0.4, -0.2) is 50.7 Å². The Morgan fingerprint density at radius 1 is 1.32 bits per heavy atom. The summed E-state index contributed by atoms with van der Waals surface area (Å²) in [4.78, 5) is 10.9. The fraction of sp³-hybridized carbons (Fsp3) is 0.615. The van der Waals surface area contributed by atoms with Gasteiger partial charge in [-0.2, -0.15) is 14.6 Å². The zero-order chi connectivity index (χ0) is 13.7. The second-order valence-corrected chi connectivity index (χ2v) is 4.62. The smallest absolute Gasteiger partial charge is 0.254 e. The van der Waals surface area contributed by atoms with Crippen molar-refractivity contribution in [2.45, 2.75) is 27.2 Å². The van der Waals surface area contributed by atoms with Crippen LogP contribution < -0.4 is 5.32 Å². The first-order valence-corrected chi connectivity index (χ1v) is 6.88. The Morgan fingerprint density at radius 3 is 2.89 bits per heavy atom. The number of nitrogens with zero attached hydrogens (tertiary/aromatic N) is 5. The van der Waals surface area contributed by atoms with Crippen molar-refractivity contribution in [2.75, 3.05) is 31.5 Å². The molecule has 0 bridgehead atoms. The highest BCUT2D eigenvalue weighted by Gasteiger charge is 2.06. The Hall–Kier alpha value is -1.69. The fourth-order valence-corrected chi connectivity index (χ4v) is 2.14. The third kappa shape index (κ3) is 3.41. The lowest BCUT2D eigenvalue weighted by Crippen LogP contribution is -2.30. The molecule has 0 atom stereocenters. The summed E-state index contributed by atoms with van der Waals surface area (Å²) in [7, 11) is 0. The van der Waals surface area contributed by atoms with Crippen molar-refractivity contribution < 1.29 is 0 Å². The summed E-state index contributed by atoms with van der Waals surface area (Å²) in [6.07, 6.45) is 2.72. The molecule has 104 valence electrons. The summed E-state index contributed by atoms with van der Waals surface area (Å²) in [6.45, 7) is 10.5. The number of likely N-dealkylation sites (N-methyl/N-ethyl adjacent to an activating group) is 1. The van der Waals surface area contributed by atoms with E-state index in [9.17, 15) is 0 Å². The van der Waals surface area contributed by atoms with Gasteiger partial charge in [-0.05, 0) is 26.4 Å². The molecule has 6 nitrogen and oxygen atoms in total. The van der Waals surface area contributed by atoms with Crippen LogP contribution in [0.3, 0.4) is 0 Å². The van der Waals surface area contributed by atoms with Crippen LogP contribution in [-0.2, 0) is 0 Å². The highest BCUT2D eigenvalue weighted by Crippen LogP contribution is 2.09. The first-order chi connectivity index (χ1) is 9.24. The van der Waals surface area contributed by atoms with Gasteiger partial charge >= 0.3 is 0 Å². The van der Waals surface area contributed by atoms with Gasteiger partial charge in [-0.3, -0.25) is 0 Å². The second kappa shape index (κ2) is 6.47. The minimum Gasteiger partial charge on any atom is -0.369 e. The zero-order valence-electron chi connectivity index (χ0n) is 11.9. The number of hydrogen-bond donors (Lipinski definition) is 1. The first kappa shape index (κ1) is 13.7. The van der Waals surface area contributed by atoms with E-state index in [-0.39, 0.29) is 0 Å². The summed E-state index contributed by atoms with van der Waals surface area (Å²) >= 11 is 0. The van der Waals surface area contributed by atoms with Crippen LogP contribution >= 0.6 is 0 Å². The molecular weight excluding hydrogens is 240 g/mol. The van der Waals surface area contributed by atoms with Crippen molar-refractivity contribution in [3.05, 3.63) is 18.1 Å². The maximum atomic E-state index is 4.32. The van der Waals surface area contributed by atoms with Gasteiger partial charge in [0, 0.05) is 24.8 Å². The molecule has 0 aromatic carbocycles. The molecule has 0 aliphatic heterocycles. The largest absolute Gasteiger partial charge is 0.369 e. The van der Waals surface area contributed by atoms with Crippen molar-refractivity contribution in [1.29, 1.82) is 0 Å². The Kier molecular flexibility index (Phi) is 4.68. The standard InChI is InChI=1S/C13H22N6/c1-4-7-18(5-2)8-6-14-12-9-11(3)17-13-15-10-16-19(12)13/h9-10,14H,4-8H2,1-3H3. The van der Waals surface area contributed by atoms with E-state index < -0.39 is 0 Å². The van der Waals surface area contributed by atoms with Crippen molar-refractivity contribution in [3.8, 4) is 0 Å². The molecule has 0 saturated carbocycles. The number of aromatic nitrogens is 4. The minimum atomic E-state index is 0.642. The molecule has 0 aliphatic rings. The molecule has 2 aromatic heterocycles. The molecule has 2 rings (SSSR count). The van der Waals surface area contributed by atoms with E-state index in [4.69, 9.17) is 0 Å². The lowest BCUT2D eigenvalue weighted by molar-refractivity contribution is 0.300. The third-order valence-corrected chi connectivity index (χ3v) is 3.10. The maximum absolute atomic E-state index is 4.32. The van der Waals surface area contributed by atoms with Gasteiger partial charge in [-0.1, -0.05) is 13.8 Å². The number of nitrogens with one attached hydrogen (secondary N) is 1. The van der Waals surface area contributed by atoms with Gasteiger partial charge in [0.2, 0.25) is 0 Å². The predicted molar refractivity (Wildman–Crippen MR) is 76.4 cm³/mol. The number of anilines is 1. The molecule has 2 heterocycles.